The largest absolute Gasteiger partial charge is 0.481 e. The molecule has 0 spiro atoms. The van der Waals surface area contributed by atoms with Gasteiger partial charge in [-0.3, -0.25) is 4.79 Å². The van der Waals surface area contributed by atoms with Crippen molar-refractivity contribution < 1.29 is 9.90 Å². The maximum atomic E-state index is 10.6. The Bertz CT molecular complexity index is 446. The van der Waals surface area contributed by atoms with Gasteiger partial charge in [-0.1, -0.05) is 24.3 Å². The molecule has 0 aromatic heterocycles. The fourth-order valence-electron chi connectivity index (χ4n) is 3.53. The molecule has 3 fully saturated rings. The summed E-state index contributed by atoms with van der Waals surface area (Å²) in [6.07, 6.45) is 3.53. The highest BCUT2D eigenvalue weighted by Crippen LogP contribution is 2.38. The molecule has 3 heterocycles. The summed E-state index contributed by atoms with van der Waals surface area (Å²) in [4.78, 5) is 13.1. The first-order valence-electron chi connectivity index (χ1n) is 7.25. The molecule has 19 heavy (non-hydrogen) atoms. The molecular weight excluding hydrogens is 238 g/mol. The molecule has 2 bridgehead atoms. The summed E-state index contributed by atoms with van der Waals surface area (Å²) in [6.45, 7) is 3.76. The fraction of sp³-hybridized carbons (Fsp3) is 0.562. The van der Waals surface area contributed by atoms with Crippen LogP contribution in [0, 0.1) is 5.92 Å². The first kappa shape index (κ1) is 12.7. The lowest BCUT2D eigenvalue weighted by atomic mass is 9.75. The summed E-state index contributed by atoms with van der Waals surface area (Å²) in [6, 6.07) is 8.64. The van der Waals surface area contributed by atoms with E-state index in [-0.39, 0.29) is 6.42 Å². The summed E-state index contributed by atoms with van der Waals surface area (Å²) >= 11 is 0. The third-order valence-corrected chi connectivity index (χ3v) is 4.69. The van der Waals surface area contributed by atoms with Gasteiger partial charge in [-0.25, -0.2) is 0 Å². The number of carboxylic acids is 1. The maximum absolute atomic E-state index is 10.6. The number of carbonyl (C=O) groups is 1. The van der Waals surface area contributed by atoms with Crippen LogP contribution in [0.4, 0.5) is 0 Å². The normalized spacial score (nSPS) is 29.4. The number of fused-ring (bicyclic) bond motifs is 3. The van der Waals surface area contributed by atoms with Crippen molar-refractivity contribution in [1.29, 1.82) is 0 Å². The molecule has 0 aliphatic carbocycles. The minimum atomic E-state index is -0.721. The van der Waals surface area contributed by atoms with Crippen molar-refractivity contribution in [3.05, 3.63) is 35.4 Å². The van der Waals surface area contributed by atoms with E-state index in [1.54, 1.807) is 0 Å². The lowest BCUT2D eigenvalue weighted by Crippen LogP contribution is -2.46. The number of aliphatic carboxylic acids is 1. The lowest BCUT2D eigenvalue weighted by Gasteiger charge is -2.45. The van der Waals surface area contributed by atoms with Crippen molar-refractivity contribution in [2.24, 2.45) is 5.92 Å². The molecule has 3 aliphatic heterocycles. The molecular formula is C16H21NO2. The Hall–Kier alpha value is -1.35. The van der Waals surface area contributed by atoms with Gasteiger partial charge in [0.15, 0.2) is 0 Å². The van der Waals surface area contributed by atoms with Crippen molar-refractivity contribution in [3.8, 4) is 0 Å². The molecule has 0 radical (unpaired) electrons. The number of hydrogen-bond donors (Lipinski definition) is 1. The van der Waals surface area contributed by atoms with Crippen molar-refractivity contribution in [3.63, 3.8) is 0 Å². The van der Waals surface area contributed by atoms with E-state index in [2.05, 4.69) is 29.2 Å². The molecule has 3 saturated heterocycles. The van der Waals surface area contributed by atoms with E-state index in [1.165, 1.54) is 38.0 Å². The number of hydrogen-bond acceptors (Lipinski definition) is 2. The Morgan fingerprint density at radius 2 is 1.89 bits per heavy atom. The quantitative estimate of drug-likeness (QED) is 0.903. The molecule has 3 nitrogen and oxygen atoms in total. The van der Waals surface area contributed by atoms with E-state index in [0.29, 0.717) is 12.3 Å². The zero-order valence-electron chi connectivity index (χ0n) is 11.2. The van der Waals surface area contributed by atoms with Gasteiger partial charge in [-0.05, 0) is 55.3 Å². The molecule has 4 rings (SSSR count). The Kier molecular flexibility index (Phi) is 3.56. The number of benzene rings is 1. The summed E-state index contributed by atoms with van der Waals surface area (Å²) in [5.74, 6) is 0.826. The van der Waals surface area contributed by atoms with Gasteiger partial charge in [0, 0.05) is 13.0 Å². The van der Waals surface area contributed by atoms with Crippen molar-refractivity contribution in [2.75, 3.05) is 19.6 Å². The SMILES string of the molecule is O=C(O)CCc1ccc(C2CN3CCC2CC3)cc1. The molecule has 0 amide bonds. The molecule has 102 valence electrons. The number of aryl methyl sites for hydroxylation is 1. The molecule has 3 heteroatoms. The number of piperidine rings is 3. The van der Waals surface area contributed by atoms with E-state index in [9.17, 15) is 4.79 Å². The Morgan fingerprint density at radius 1 is 1.21 bits per heavy atom. The second kappa shape index (κ2) is 5.33. The predicted molar refractivity (Wildman–Crippen MR) is 74.3 cm³/mol. The predicted octanol–water partition coefficient (Wildman–Crippen LogP) is 2.51. The molecule has 1 atom stereocenters. The van der Waals surface area contributed by atoms with Gasteiger partial charge in [0.05, 0.1) is 0 Å². The van der Waals surface area contributed by atoms with Crippen molar-refractivity contribution in [1.82, 2.24) is 4.90 Å². The van der Waals surface area contributed by atoms with Gasteiger partial charge in [-0.2, -0.15) is 0 Å². The van der Waals surface area contributed by atoms with E-state index in [4.69, 9.17) is 5.11 Å². The van der Waals surface area contributed by atoms with Crippen LogP contribution in [0.25, 0.3) is 0 Å². The Morgan fingerprint density at radius 3 is 2.42 bits per heavy atom. The Balaban J connectivity index is 1.67. The summed E-state index contributed by atoms with van der Waals surface area (Å²) < 4.78 is 0. The van der Waals surface area contributed by atoms with Crippen LogP contribution in [0.2, 0.25) is 0 Å². The second-order valence-corrected chi connectivity index (χ2v) is 5.88. The highest BCUT2D eigenvalue weighted by Gasteiger charge is 2.34. The molecule has 1 unspecified atom stereocenters. The third-order valence-electron chi connectivity index (χ3n) is 4.69. The average Bonchev–Trinajstić information content (AvgIpc) is 2.47. The topological polar surface area (TPSA) is 40.5 Å². The number of nitrogens with zero attached hydrogens (tertiary/aromatic N) is 1. The molecule has 0 saturated carbocycles. The van der Waals surface area contributed by atoms with Crippen LogP contribution >= 0.6 is 0 Å². The van der Waals surface area contributed by atoms with Gasteiger partial charge >= 0.3 is 5.97 Å². The second-order valence-electron chi connectivity index (χ2n) is 5.88. The van der Waals surface area contributed by atoms with E-state index in [0.717, 1.165) is 11.5 Å². The third kappa shape index (κ3) is 2.81. The van der Waals surface area contributed by atoms with Crippen LogP contribution in [0.1, 0.15) is 36.3 Å². The lowest BCUT2D eigenvalue weighted by molar-refractivity contribution is -0.136. The van der Waals surface area contributed by atoms with Gasteiger partial charge < -0.3 is 10.0 Å². The van der Waals surface area contributed by atoms with E-state index >= 15 is 0 Å². The monoisotopic (exact) mass is 259 g/mol. The number of carboxylic acid groups (broad SMARTS) is 1. The van der Waals surface area contributed by atoms with Crippen LogP contribution in [0.5, 0.6) is 0 Å². The highest BCUT2D eigenvalue weighted by molar-refractivity contribution is 5.67. The van der Waals surface area contributed by atoms with Gasteiger partial charge in [0.1, 0.15) is 0 Å². The summed E-state index contributed by atoms with van der Waals surface area (Å²) in [5.41, 5.74) is 2.57. The summed E-state index contributed by atoms with van der Waals surface area (Å²) in [5, 5.41) is 8.70. The zero-order chi connectivity index (χ0) is 13.2. The highest BCUT2D eigenvalue weighted by atomic mass is 16.4. The van der Waals surface area contributed by atoms with Crippen LogP contribution in [-0.4, -0.2) is 35.6 Å². The Labute approximate surface area is 114 Å². The molecule has 1 aromatic rings. The standard InChI is InChI=1S/C16H21NO2/c18-16(19)6-3-12-1-4-13(5-2-12)15-11-17-9-7-14(15)8-10-17/h1-2,4-5,14-15H,3,6-11H2,(H,18,19). The van der Waals surface area contributed by atoms with E-state index in [1.807, 2.05) is 0 Å². The molecule has 1 N–H and O–H groups in total. The van der Waals surface area contributed by atoms with Gasteiger partial charge in [-0.15, -0.1) is 0 Å². The average molecular weight is 259 g/mol. The van der Waals surface area contributed by atoms with Crippen molar-refractivity contribution >= 4 is 5.97 Å². The number of rotatable bonds is 4. The smallest absolute Gasteiger partial charge is 0.303 e. The fourth-order valence-corrected chi connectivity index (χ4v) is 3.53. The van der Waals surface area contributed by atoms with Crippen LogP contribution in [-0.2, 0) is 11.2 Å². The van der Waals surface area contributed by atoms with Crippen LogP contribution < -0.4 is 0 Å². The van der Waals surface area contributed by atoms with E-state index < -0.39 is 5.97 Å². The summed E-state index contributed by atoms with van der Waals surface area (Å²) in [7, 11) is 0. The van der Waals surface area contributed by atoms with Gasteiger partial charge in [0.2, 0.25) is 0 Å². The van der Waals surface area contributed by atoms with Crippen LogP contribution in [0.3, 0.4) is 0 Å². The first-order chi connectivity index (χ1) is 9.22. The minimum Gasteiger partial charge on any atom is -0.481 e. The molecule has 3 aliphatic rings. The van der Waals surface area contributed by atoms with Crippen molar-refractivity contribution in [2.45, 2.75) is 31.6 Å². The van der Waals surface area contributed by atoms with Crippen LogP contribution in [0.15, 0.2) is 24.3 Å². The molecule has 1 aromatic carbocycles. The first-order valence-corrected chi connectivity index (χ1v) is 7.25. The minimum absolute atomic E-state index is 0.221. The zero-order valence-corrected chi connectivity index (χ0v) is 11.2. The maximum Gasteiger partial charge on any atom is 0.303 e. The van der Waals surface area contributed by atoms with Gasteiger partial charge in [0.25, 0.3) is 0 Å².